The first kappa shape index (κ1) is 15.1. The summed E-state index contributed by atoms with van der Waals surface area (Å²) in [7, 11) is 0. The monoisotopic (exact) mass is 318 g/mol. The highest BCUT2D eigenvalue weighted by Crippen LogP contribution is 2.31. The number of fused-ring (bicyclic) bond motifs is 1. The number of hydrogen-bond donors (Lipinski definition) is 0. The average Bonchev–Trinajstić information content (AvgIpc) is 3.30. The van der Waals surface area contributed by atoms with E-state index in [1.54, 1.807) is 12.1 Å². The lowest BCUT2D eigenvalue weighted by Gasteiger charge is -2.37. The molecule has 0 aromatic heterocycles. The van der Waals surface area contributed by atoms with E-state index < -0.39 is 0 Å². The van der Waals surface area contributed by atoms with Crippen molar-refractivity contribution in [2.24, 2.45) is 5.92 Å². The van der Waals surface area contributed by atoms with Crippen LogP contribution in [0.15, 0.2) is 24.3 Å². The van der Waals surface area contributed by atoms with Crippen LogP contribution in [-0.4, -0.2) is 60.6 Å². The topological polar surface area (TPSA) is 32.8 Å². The van der Waals surface area contributed by atoms with Crippen LogP contribution in [-0.2, 0) is 4.74 Å². The van der Waals surface area contributed by atoms with E-state index in [2.05, 4.69) is 4.90 Å². The molecule has 2 atom stereocenters. The lowest BCUT2D eigenvalue weighted by molar-refractivity contribution is 0.0492. The lowest BCUT2D eigenvalue weighted by Crippen LogP contribution is -2.52. The summed E-state index contributed by atoms with van der Waals surface area (Å²) in [4.78, 5) is 16.9. The summed E-state index contributed by atoms with van der Waals surface area (Å²) < 4.78 is 19.3. The first-order valence-corrected chi connectivity index (χ1v) is 8.59. The van der Waals surface area contributed by atoms with Gasteiger partial charge in [0.05, 0.1) is 6.10 Å². The number of ether oxygens (including phenoxy) is 1. The van der Waals surface area contributed by atoms with E-state index >= 15 is 0 Å². The van der Waals surface area contributed by atoms with Crippen molar-refractivity contribution in [1.29, 1.82) is 0 Å². The van der Waals surface area contributed by atoms with Gasteiger partial charge < -0.3 is 9.64 Å². The number of benzene rings is 1. The summed E-state index contributed by atoms with van der Waals surface area (Å²) in [5, 5.41) is 0. The van der Waals surface area contributed by atoms with Gasteiger partial charge >= 0.3 is 0 Å². The molecule has 0 spiro atoms. The summed E-state index contributed by atoms with van der Waals surface area (Å²) in [5.74, 6) is 0.370. The van der Waals surface area contributed by atoms with E-state index in [1.165, 1.54) is 25.0 Å². The van der Waals surface area contributed by atoms with Gasteiger partial charge in [-0.25, -0.2) is 4.39 Å². The van der Waals surface area contributed by atoms with Crippen molar-refractivity contribution in [3.05, 3.63) is 35.6 Å². The van der Waals surface area contributed by atoms with Crippen molar-refractivity contribution in [2.45, 2.75) is 31.4 Å². The smallest absolute Gasteiger partial charge is 0.254 e. The van der Waals surface area contributed by atoms with Gasteiger partial charge in [-0.15, -0.1) is 0 Å². The SMILES string of the molecule is O=C(c1cccc(F)c1)N1CCN2C[C@H](OCC3CC3)C[C@@H]2C1. The molecule has 124 valence electrons. The number of rotatable bonds is 4. The Morgan fingerprint density at radius 3 is 2.91 bits per heavy atom. The molecule has 3 aliphatic rings. The van der Waals surface area contributed by atoms with Gasteiger partial charge in [0.2, 0.25) is 0 Å². The van der Waals surface area contributed by atoms with Crippen LogP contribution >= 0.6 is 0 Å². The molecule has 0 radical (unpaired) electrons. The maximum Gasteiger partial charge on any atom is 0.254 e. The number of hydrogen-bond acceptors (Lipinski definition) is 3. The van der Waals surface area contributed by atoms with Gasteiger partial charge in [-0.3, -0.25) is 9.69 Å². The van der Waals surface area contributed by atoms with Gasteiger partial charge in [-0.2, -0.15) is 0 Å². The fraction of sp³-hybridized carbons (Fsp3) is 0.611. The third kappa shape index (κ3) is 3.40. The molecule has 4 rings (SSSR count). The molecule has 1 aromatic rings. The summed E-state index contributed by atoms with van der Waals surface area (Å²) in [6, 6.07) is 6.35. The second-order valence-corrected chi connectivity index (χ2v) is 7.04. The van der Waals surface area contributed by atoms with Gasteiger partial charge in [0.15, 0.2) is 0 Å². The zero-order chi connectivity index (χ0) is 15.8. The summed E-state index contributed by atoms with van der Waals surface area (Å²) in [6.07, 6.45) is 3.94. The minimum Gasteiger partial charge on any atom is -0.377 e. The highest BCUT2D eigenvalue weighted by atomic mass is 19.1. The Labute approximate surface area is 136 Å². The van der Waals surface area contributed by atoms with E-state index in [1.807, 2.05) is 4.90 Å². The predicted octanol–water partition coefficient (Wildman–Crippen LogP) is 2.15. The zero-order valence-electron chi connectivity index (χ0n) is 13.3. The molecule has 0 bridgehead atoms. The van der Waals surface area contributed by atoms with Crippen LogP contribution in [0.25, 0.3) is 0 Å². The minimum atomic E-state index is -0.358. The van der Waals surface area contributed by atoms with E-state index in [9.17, 15) is 9.18 Å². The van der Waals surface area contributed by atoms with Gasteiger partial charge in [-0.1, -0.05) is 6.07 Å². The van der Waals surface area contributed by atoms with Gasteiger partial charge in [0.1, 0.15) is 5.82 Å². The number of carbonyl (C=O) groups is 1. The van der Waals surface area contributed by atoms with Crippen LogP contribution in [0.2, 0.25) is 0 Å². The molecule has 1 aliphatic carbocycles. The summed E-state index contributed by atoms with van der Waals surface area (Å²) >= 11 is 0. The van der Waals surface area contributed by atoms with Crippen LogP contribution in [0.1, 0.15) is 29.6 Å². The first-order chi connectivity index (χ1) is 11.2. The second-order valence-electron chi connectivity index (χ2n) is 7.04. The van der Waals surface area contributed by atoms with E-state index in [0.717, 1.165) is 38.6 Å². The fourth-order valence-corrected chi connectivity index (χ4v) is 3.66. The quantitative estimate of drug-likeness (QED) is 0.853. The van der Waals surface area contributed by atoms with Gasteiger partial charge in [0.25, 0.3) is 5.91 Å². The molecular weight excluding hydrogens is 295 g/mol. The molecule has 5 heteroatoms. The number of amides is 1. The molecule has 4 nitrogen and oxygen atoms in total. The van der Waals surface area contributed by atoms with Crippen LogP contribution in [0.5, 0.6) is 0 Å². The van der Waals surface area contributed by atoms with Crippen LogP contribution in [0, 0.1) is 11.7 Å². The molecule has 2 saturated heterocycles. The highest BCUT2D eigenvalue weighted by molar-refractivity contribution is 5.94. The maximum atomic E-state index is 13.3. The van der Waals surface area contributed by atoms with Crippen molar-refractivity contribution in [2.75, 3.05) is 32.8 Å². The molecule has 1 aromatic carbocycles. The van der Waals surface area contributed by atoms with E-state index in [4.69, 9.17) is 4.74 Å². The standard InChI is InChI=1S/C18H23FN2O2/c19-15-3-1-2-14(8-15)18(22)21-7-6-20-11-17(9-16(20)10-21)23-12-13-4-5-13/h1-3,8,13,16-17H,4-7,9-12H2/t16-,17-/m1/s1. The Bertz CT molecular complexity index is 590. The van der Waals surface area contributed by atoms with Gasteiger partial charge in [-0.05, 0) is 43.4 Å². The molecule has 0 N–H and O–H groups in total. The Kier molecular flexibility index (Phi) is 4.07. The Morgan fingerprint density at radius 2 is 2.13 bits per heavy atom. The number of halogens is 1. The number of nitrogens with zero attached hydrogens (tertiary/aromatic N) is 2. The van der Waals surface area contributed by atoms with Crippen molar-refractivity contribution < 1.29 is 13.9 Å². The normalized spacial score (nSPS) is 28.0. The predicted molar refractivity (Wildman–Crippen MR) is 84.7 cm³/mol. The van der Waals surface area contributed by atoms with Gasteiger partial charge in [0, 0.05) is 44.4 Å². The molecule has 2 heterocycles. The molecular formula is C18H23FN2O2. The van der Waals surface area contributed by atoms with Crippen molar-refractivity contribution in [3.63, 3.8) is 0 Å². The first-order valence-electron chi connectivity index (χ1n) is 8.59. The summed E-state index contributed by atoms with van der Waals surface area (Å²) in [5.41, 5.74) is 0.443. The highest BCUT2D eigenvalue weighted by Gasteiger charge is 2.38. The van der Waals surface area contributed by atoms with Crippen molar-refractivity contribution in [1.82, 2.24) is 9.80 Å². The lowest BCUT2D eigenvalue weighted by atomic mass is 10.1. The van der Waals surface area contributed by atoms with Crippen molar-refractivity contribution in [3.8, 4) is 0 Å². The third-order valence-corrected chi connectivity index (χ3v) is 5.20. The van der Waals surface area contributed by atoms with E-state index in [0.29, 0.717) is 24.3 Å². The van der Waals surface area contributed by atoms with Crippen LogP contribution in [0.4, 0.5) is 4.39 Å². The third-order valence-electron chi connectivity index (χ3n) is 5.20. The average molecular weight is 318 g/mol. The van der Waals surface area contributed by atoms with Crippen LogP contribution in [0.3, 0.4) is 0 Å². The molecule has 2 aliphatic heterocycles. The summed E-state index contributed by atoms with van der Waals surface area (Å²) in [6.45, 7) is 4.20. The minimum absolute atomic E-state index is 0.0634. The largest absolute Gasteiger partial charge is 0.377 e. The molecule has 1 saturated carbocycles. The Balaban J connectivity index is 1.35. The Morgan fingerprint density at radius 1 is 1.26 bits per heavy atom. The number of carbonyl (C=O) groups excluding carboxylic acids is 1. The second kappa shape index (κ2) is 6.21. The zero-order valence-corrected chi connectivity index (χ0v) is 13.3. The fourth-order valence-electron chi connectivity index (χ4n) is 3.66. The maximum absolute atomic E-state index is 13.3. The molecule has 1 amide bonds. The van der Waals surface area contributed by atoms with E-state index in [-0.39, 0.29) is 11.7 Å². The number of piperazine rings is 1. The van der Waals surface area contributed by atoms with Crippen LogP contribution < -0.4 is 0 Å². The molecule has 23 heavy (non-hydrogen) atoms. The van der Waals surface area contributed by atoms with Crippen molar-refractivity contribution >= 4 is 5.91 Å². The molecule has 0 unspecified atom stereocenters. The molecule has 3 fully saturated rings. The Hall–Kier alpha value is -1.46.